The number of thiophene rings is 1. The van der Waals surface area contributed by atoms with Gasteiger partial charge in [-0.05, 0) is 61.6 Å². The van der Waals surface area contributed by atoms with Gasteiger partial charge in [0.05, 0.1) is 18.1 Å². The number of amides is 1. The molecule has 1 aromatic carbocycles. The molecule has 5 heteroatoms. The van der Waals surface area contributed by atoms with Crippen LogP contribution in [-0.4, -0.2) is 61.1 Å². The molecule has 0 radical (unpaired) electrons. The lowest BCUT2D eigenvalue weighted by atomic mass is 9.93. The van der Waals surface area contributed by atoms with Crippen molar-refractivity contribution in [1.29, 1.82) is 0 Å². The van der Waals surface area contributed by atoms with E-state index >= 15 is 0 Å². The van der Waals surface area contributed by atoms with E-state index in [1.54, 1.807) is 11.3 Å². The van der Waals surface area contributed by atoms with Crippen molar-refractivity contribution < 1.29 is 9.53 Å². The van der Waals surface area contributed by atoms with Crippen LogP contribution in [-0.2, 0) is 11.2 Å². The summed E-state index contributed by atoms with van der Waals surface area (Å²) in [6, 6.07) is 9.17. The Kier molecular flexibility index (Phi) is 5.40. The molecule has 1 aromatic heterocycles. The first kappa shape index (κ1) is 18.6. The van der Waals surface area contributed by atoms with Crippen LogP contribution in [0.2, 0.25) is 0 Å². The molecule has 0 spiro atoms. The van der Waals surface area contributed by atoms with E-state index in [2.05, 4.69) is 29.2 Å². The molecule has 1 amide bonds. The Morgan fingerprint density at radius 1 is 1.07 bits per heavy atom. The maximum Gasteiger partial charge on any atom is 0.264 e. The molecule has 1 aliphatic carbocycles. The predicted octanol–water partition coefficient (Wildman–Crippen LogP) is 4.18. The van der Waals surface area contributed by atoms with E-state index in [0.29, 0.717) is 32.3 Å². The number of carbonyl (C=O) groups excluding carboxylic acids is 1. The van der Waals surface area contributed by atoms with E-state index in [1.807, 2.05) is 4.90 Å². The fourth-order valence-corrected chi connectivity index (χ4v) is 5.98. The van der Waals surface area contributed by atoms with E-state index in [1.165, 1.54) is 60.8 Å². The molecule has 3 aliphatic rings. The summed E-state index contributed by atoms with van der Waals surface area (Å²) in [7, 11) is 0. The average molecular weight is 399 g/mol. The number of morpholine rings is 1. The van der Waals surface area contributed by atoms with E-state index in [-0.39, 0.29) is 5.91 Å². The minimum Gasteiger partial charge on any atom is -0.378 e. The Morgan fingerprint density at radius 3 is 2.71 bits per heavy atom. The van der Waals surface area contributed by atoms with E-state index in [0.717, 1.165) is 17.2 Å². The summed E-state index contributed by atoms with van der Waals surface area (Å²) >= 11 is 1.69. The van der Waals surface area contributed by atoms with Crippen LogP contribution in [0.15, 0.2) is 24.3 Å². The first-order chi connectivity index (χ1) is 13.8. The van der Waals surface area contributed by atoms with Crippen molar-refractivity contribution in [2.45, 2.75) is 44.6 Å². The molecule has 2 saturated heterocycles. The van der Waals surface area contributed by atoms with Crippen molar-refractivity contribution >= 4 is 27.3 Å². The fraction of sp³-hybridized carbons (Fsp3) is 0.609. The molecule has 2 aromatic rings. The molecule has 1 atom stereocenters. The maximum absolute atomic E-state index is 13.4. The van der Waals surface area contributed by atoms with Crippen LogP contribution >= 0.6 is 11.3 Å². The zero-order chi connectivity index (χ0) is 18.9. The minimum atomic E-state index is 0.212. The quantitative estimate of drug-likeness (QED) is 0.757. The fourth-order valence-electron chi connectivity index (χ4n) is 4.78. The smallest absolute Gasteiger partial charge is 0.264 e. The lowest BCUT2D eigenvalue weighted by molar-refractivity contribution is 0.0305. The summed E-state index contributed by atoms with van der Waals surface area (Å²) in [5, 5.41) is 1.29. The highest BCUT2D eigenvalue weighted by Gasteiger charge is 2.32. The van der Waals surface area contributed by atoms with Crippen LogP contribution < -0.4 is 0 Å². The van der Waals surface area contributed by atoms with E-state index < -0.39 is 0 Å². The van der Waals surface area contributed by atoms with Crippen molar-refractivity contribution in [3.63, 3.8) is 0 Å². The number of nitrogens with zero attached hydrogens (tertiary/aromatic N) is 2. The third kappa shape index (κ3) is 3.85. The lowest BCUT2D eigenvalue weighted by Gasteiger charge is -2.36. The molecule has 4 nitrogen and oxygen atoms in total. The first-order valence-electron chi connectivity index (χ1n) is 10.9. The number of hydrogen-bond donors (Lipinski definition) is 0. The molecule has 150 valence electrons. The van der Waals surface area contributed by atoms with Gasteiger partial charge in [-0.25, -0.2) is 0 Å². The van der Waals surface area contributed by atoms with Crippen molar-refractivity contribution in [2.24, 2.45) is 5.92 Å². The van der Waals surface area contributed by atoms with Crippen molar-refractivity contribution in [3.8, 4) is 0 Å². The van der Waals surface area contributed by atoms with Gasteiger partial charge in [-0.15, -0.1) is 11.3 Å². The standard InChI is InChI=1S/C23H30N2O2S/c26-23(24-11-13-27-14-12-24)22-20(19-6-1-2-7-21(19)28-22)15-18-5-3-4-10-25(18)16-17-8-9-17/h1-2,6-7,17-18H,3-5,8-16H2. The van der Waals surface area contributed by atoms with Gasteiger partial charge >= 0.3 is 0 Å². The van der Waals surface area contributed by atoms with Crippen molar-refractivity contribution in [1.82, 2.24) is 9.80 Å². The van der Waals surface area contributed by atoms with Gasteiger partial charge in [0.15, 0.2) is 0 Å². The summed E-state index contributed by atoms with van der Waals surface area (Å²) < 4.78 is 6.70. The highest BCUT2D eigenvalue weighted by molar-refractivity contribution is 7.21. The molecule has 3 heterocycles. The number of ether oxygens (including phenoxy) is 1. The topological polar surface area (TPSA) is 32.8 Å². The number of benzene rings is 1. The Labute approximate surface area is 171 Å². The van der Waals surface area contributed by atoms with Crippen LogP contribution in [0.1, 0.15) is 47.3 Å². The Bertz CT molecular complexity index is 838. The summed E-state index contributed by atoms with van der Waals surface area (Å²) in [5.41, 5.74) is 1.30. The first-order valence-corrected chi connectivity index (χ1v) is 11.7. The minimum absolute atomic E-state index is 0.212. The molecule has 0 N–H and O–H groups in total. The monoisotopic (exact) mass is 398 g/mol. The van der Waals surface area contributed by atoms with E-state index in [9.17, 15) is 4.79 Å². The number of carbonyl (C=O) groups is 1. The van der Waals surface area contributed by atoms with Crippen LogP contribution in [0.4, 0.5) is 0 Å². The highest BCUT2D eigenvalue weighted by atomic mass is 32.1. The maximum atomic E-state index is 13.4. The van der Waals surface area contributed by atoms with Gasteiger partial charge in [-0.2, -0.15) is 0 Å². The van der Waals surface area contributed by atoms with Crippen LogP contribution in [0, 0.1) is 5.92 Å². The van der Waals surface area contributed by atoms with Crippen LogP contribution in [0.3, 0.4) is 0 Å². The normalized spacial score (nSPS) is 24.0. The summed E-state index contributed by atoms with van der Waals surface area (Å²) in [6.07, 6.45) is 7.74. The predicted molar refractivity (Wildman–Crippen MR) is 114 cm³/mol. The Balaban J connectivity index is 1.45. The molecule has 1 saturated carbocycles. The number of piperidine rings is 1. The number of hydrogen-bond acceptors (Lipinski definition) is 4. The molecule has 1 unspecified atom stereocenters. The zero-order valence-electron chi connectivity index (χ0n) is 16.6. The second-order valence-electron chi connectivity index (χ2n) is 8.60. The molecular formula is C23H30N2O2S. The summed E-state index contributed by atoms with van der Waals surface area (Å²) in [4.78, 5) is 19.1. The van der Waals surface area contributed by atoms with Crippen LogP contribution in [0.5, 0.6) is 0 Å². The zero-order valence-corrected chi connectivity index (χ0v) is 17.4. The molecule has 28 heavy (non-hydrogen) atoms. The molecule has 2 aliphatic heterocycles. The largest absolute Gasteiger partial charge is 0.378 e. The van der Waals surface area contributed by atoms with Gasteiger partial charge in [0.25, 0.3) is 5.91 Å². The third-order valence-electron chi connectivity index (χ3n) is 6.57. The van der Waals surface area contributed by atoms with Crippen molar-refractivity contribution in [2.75, 3.05) is 39.4 Å². The van der Waals surface area contributed by atoms with Gasteiger partial charge in [-0.1, -0.05) is 24.6 Å². The van der Waals surface area contributed by atoms with Gasteiger partial charge in [0.2, 0.25) is 0 Å². The number of likely N-dealkylation sites (tertiary alicyclic amines) is 1. The van der Waals surface area contributed by atoms with E-state index in [4.69, 9.17) is 4.74 Å². The molecule has 3 fully saturated rings. The van der Waals surface area contributed by atoms with Gasteiger partial charge in [0, 0.05) is 30.4 Å². The van der Waals surface area contributed by atoms with Gasteiger partial charge in [0.1, 0.15) is 0 Å². The third-order valence-corrected chi connectivity index (χ3v) is 7.77. The highest BCUT2D eigenvalue weighted by Crippen LogP contribution is 2.37. The summed E-state index contributed by atoms with van der Waals surface area (Å²) in [6.45, 7) is 5.23. The SMILES string of the molecule is O=C(c1sc2ccccc2c1CC1CCCCN1CC1CC1)N1CCOCC1. The van der Waals surface area contributed by atoms with Gasteiger partial charge < -0.3 is 9.64 Å². The Morgan fingerprint density at radius 2 is 1.89 bits per heavy atom. The number of rotatable bonds is 5. The second kappa shape index (κ2) is 8.13. The van der Waals surface area contributed by atoms with Gasteiger partial charge in [-0.3, -0.25) is 9.69 Å². The van der Waals surface area contributed by atoms with Crippen LogP contribution in [0.25, 0.3) is 10.1 Å². The Hall–Kier alpha value is -1.43. The number of fused-ring (bicyclic) bond motifs is 1. The summed E-state index contributed by atoms with van der Waals surface area (Å²) in [5.74, 6) is 1.14. The molecule has 0 bridgehead atoms. The molecule has 5 rings (SSSR count). The average Bonchev–Trinajstić information content (AvgIpc) is 3.49. The molecular weight excluding hydrogens is 368 g/mol. The second-order valence-corrected chi connectivity index (χ2v) is 9.65. The van der Waals surface area contributed by atoms with Crippen molar-refractivity contribution in [3.05, 3.63) is 34.7 Å². The lowest BCUT2D eigenvalue weighted by Crippen LogP contribution is -2.43.